The molecule has 1 spiro atoms. The topological polar surface area (TPSA) is 104 Å². The molecule has 0 radical (unpaired) electrons. The van der Waals surface area contributed by atoms with E-state index in [9.17, 15) is 28.6 Å². The van der Waals surface area contributed by atoms with Crippen LogP contribution in [-0.2, 0) is 17.8 Å². The molecular formula is C22H23F2N3O5. The van der Waals surface area contributed by atoms with Gasteiger partial charge in [-0.1, -0.05) is 6.07 Å². The van der Waals surface area contributed by atoms with E-state index >= 15 is 0 Å². The molecule has 10 heteroatoms. The lowest BCUT2D eigenvalue weighted by Gasteiger charge is -2.47. The SMILES string of the molecule is C[C@@H]1CC2(CC2)O[C@H]2Cn3cc(C(O)NCc4ccc(F)cc4F)c(=O)c(O)c3C(=O)N12. The molecule has 3 atom stereocenters. The van der Waals surface area contributed by atoms with Crippen LogP contribution in [-0.4, -0.2) is 43.5 Å². The van der Waals surface area contributed by atoms with Crippen molar-refractivity contribution in [2.24, 2.45) is 0 Å². The van der Waals surface area contributed by atoms with Crippen molar-refractivity contribution in [3.63, 3.8) is 0 Å². The summed E-state index contributed by atoms with van der Waals surface area (Å²) in [4.78, 5) is 27.4. The molecule has 170 valence electrons. The number of rotatable bonds is 4. The van der Waals surface area contributed by atoms with E-state index in [1.165, 1.54) is 16.8 Å². The summed E-state index contributed by atoms with van der Waals surface area (Å²) in [5.74, 6) is -2.77. The van der Waals surface area contributed by atoms with Crippen LogP contribution in [0.1, 0.15) is 54.0 Å². The van der Waals surface area contributed by atoms with Crippen LogP contribution >= 0.6 is 0 Å². The van der Waals surface area contributed by atoms with Crippen LogP contribution in [0, 0.1) is 11.6 Å². The van der Waals surface area contributed by atoms with Gasteiger partial charge in [0.2, 0.25) is 5.43 Å². The number of nitrogens with one attached hydrogen (secondary N) is 1. The molecular weight excluding hydrogens is 424 g/mol. The molecule has 2 fully saturated rings. The Morgan fingerprint density at radius 2 is 2.06 bits per heavy atom. The number of pyridine rings is 1. The van der Waals surface area contributed by atoms with E-state index in [0.717, 1.165) is 25.0 Å². The second-order valence-electron chi connectivity index (χ2n) is 8.80. The number of hydrogen-bond donors (Lipinski definition) is 3. The van der Waals surface area contributed by atoms with Crippen LogP contribution < -0.4 is 10.7 Å². The number of aliphatic hydroxyl groups excluding tert-OH is 1. The molecule has 3 N–H and O–H groups in total. The quantitative estimate of drug-likeness (QED) is 0.617. The summed E-state index contributed by atoms with van der Waals surface area (Å²) in [7, 11) is 0. The van der Waals surface area contributed by atoms with Crippen molar-refractivity contribution in [2.45, 2.75) is 63.4 Å². The zero-order chi connectivity index (χ0) is 22.8. The van der Waals surface area contributed by atoms with E-state index in [4.69, 9.17) is 4.74 Å². The van der Waals surface area contributed by atoms with Gasteiger partial charge in [0.1, 0.15) is 17.9 Å². The monoisotopic (exact) mass is 447 g/mol. The molecule has 1 aliphatic carbocycles. The third-order valence-corrected chi connectivity index (χ3v) is 6.52. The average Bonchev–Trinajstić information content (AvgIpc) is 3.47. The Morgan fingerprint density at radius 1 is 1.31 bits per heavy atom. The molecule has 32 heavy (non-hydrogen) atoms. The fraction of sp³-hybridized carbons (Fsp3) is 0.455. The lowest BCUT2D eigenvalue weighted by atomic mass is 10.0. The molecule has 1 amide bonds. The summed E-state index contributed by atoms with van der Waals surface area (Å²) in [5, 5.41) is 23.6. The molecule has 3 aliphatic rings. The van der Waals surface area contributed by atoms with Gasteiger partial charge in [-0.2, -0.15) is 0 Å². The second-order valence-corrected chi connectivity index (χ2v) is 8.80. The number of halogens is 2. The first-order chi connectivity index (χ1) is 15.2. The minimum absolute atomic E-state index is 0.0930. The predicted molar refractivity (Wildman–Crippen MR) is 108 cm³/mol. The van der Waals surface area contributed by atoms with Gasteiger partial charge in [0.25, 0.3) is 5.91 Å². The van der Waals surface area contributed by atoms with Crippen LogP contribution in [0.25, 0.3) is 0 Å². The third kappa shape index (κ3) is 3.39. The zero-order valence-corrected chi connectivity index (χ0v) is 17.3. The van der Waals surface area contributed by atoms with Crippen molar-refractivity contribution in [3.05, 3.63) is 63.1 Å². The molecule has 3 heterocycles. The minimum atomic E-state index is -1.55. The lowest BCUT2D eigenvalue weighted by Crippen LogP contribution is -2.59. The number of aromatic nitrogens is 1. The summed E-state index contributed by atoms with van der Waals surface area (Å²) in [6.07, 6.45) is 1.81. The van der Waals surface area contributed by atoms with E-state index in [1.807, 2.05) is 6.92 Å². The maximum atomic E-state index is 13.8. The standard InChI is InChI=1S/C22H23F2N3O5/c1-11-7-22(4-5-22)32-16-10-26-9-14(18(28)19(29)17(26)21(31)27(11)16)20(30)25-8-12-2-3-13(23)6-15(12)24/h2-3,6,9,11,16,20,25,29-30H,4-5,7-8,10H2,1H3/t11-,16+,20?/m1/s1. The summed E-state index contributed by atoms with van der Waals surface area (Å²) >= 11 is 0. The first kappa shape index (κ1) is 21.0. The van der Waals surface area contributed by atoms with E-state index in [-0.39, 0.29) is 41.6 Å². The Labute approximate surface area is 182 Å². The number of nitrogens with zero attached hydrogens (tertiary/aromatic N) is 2. The Hall–Kier alpha value is -2.82. The molecule has 5 rings (SSSR count). The van der Waals surface area contributed by atoms with Crippen LogP contribution in [0.5, 0.6) is 5.75 Å². The Morgan fingerprint density at radius 3 is 2.75 bits per heavy atom. The van der Waals surface area contributed by atoms with E-state index in [2.05, 4.69) is 5.32 Å². The fourth-order valence-electron chi connectivity index (χ4n) is 4.74. The number of fused-ring (bicyclic) bond motifs is 2. The van der Waals surface area contributed by atoms with Crippen LogP contribution in [0.2, 0.25) is 0 Å². The number of benzene rings is 1. The van der Waals surface area contributed by atoms with Gasteiger partial charge in [-0.05, 0) is 32.3 Å². The van der Waals surface area contributed by atoms with Crippen molar-refractivity contribution in [1.82, 2.24) is 14.8 Å². The number of carbonyl (C=O) groups is 1. The number of ether oxygens (including phenoxy) is 1. The zero-order valence-electron chi connectivity index (χ0n) is 17.3. The number of amides is 1. The predicted octanol–water partition coefficient (Wildman–Crippen LogP) is 1.74. The van der Waals surface area contributed by atoms with Gasteiger partial charge in [0.15, 0.2) is 17.7 Å². The summed E-state index contributed by atoms with van der Waals surface area (Å²) in [5.41, 5.74) is -1.35. The van der Waals surface area contributed by atoms with Gasteiger partial charge < -0.3 is 24.4 Å². The molecule has 0 bridgehead atoms. The number of aromatic hydroxyl groups is 1. The maximum absolute atomic E-state index is 13.8. The van der Waals surface area contributed by atoms with Gasteiger partial charge in [-0.15, -0.1) is 0 Å². The molecule has 2 aliphatic heterocycles. The van der Waals surface area contributed by atoms with Crippen molar-refractivity contribution in [2.75, 3.05) is 0 Å². The highest BCUT2D eigenvalue weighted by Crippen LogP contribution is 2.49. The third-order valence-electron chi connectivity index (χ3n) is 6.52. The molecule has 1 saturated carbocycles. The Balaban J connectivity index is 1.43. The normalized spacial score (nSPS) is 24.2. The van der Waals surface area contributed by atoms with Gasteiger partial charge in [-0.25, -0.2) is 8.78 Å². The van der Waals surface area contributed by atoms with Gasteiger partial charge in [0.05, 0.1) is 17.7 Å². The maximum Gasteiger partial charge on any atom is 0.276 e. The Bertz CT molecular complexity index is 1160. The van der Waals surface area contributed by atoms with Crippen molar-refractivity contribution in [1.29, 1.82) is 0 Å². The molecule has 1 saturated heterocycles. The van der Waals surface area contributed by atoms with Crippen molar-refractivity contribution < 1.29 is 28.5 Å². The average molecular weight is 447 g/mol. The highest BCUT2D eigenvalue weighted by molar-refractivity contribution is 5.96. The van der Waals surface area contributed by atoms with E-state index < -0.39 is 41.2 Å². The van der Waals surface area contributed by atoms with Gasteiger partial charge in [0, 0.05) is 30.4 Å². The minimum Gasteiger partial charge on any atom is -0.503 e. The fourth-order valence-corrected chi connectivity index (χ4v) is 4.74. The first-order valence-corrected chi connectivity index (χ1v) is 10.5. The second kappa shape index (κ2) is 7.36. The van der Waals surface area contributed by atoms with Crippen LogP contribution in [0.4, 0.5) is 8.78 Å². The van der Waals surface area contributed by atoms with Crippen molar-refractivity contribution in [3.8, 4) is 5.75 Å². The summed E-state index contributed by atoms with van der Waals surface area (Å²) < 4.78 is 34.5. The van der Waals surface area contributed by atoms with Crippen molar-refractivity contribution >= 4 is 5.91 Å². The molecule has 1 aromatic carbocycles. The number of aliphatic hydroxyl groups is 1. The molecule has 8 nitrogen and oxygen atoms in total. The Kier molecular flexibility index (Phi) is 4.84. The van der Waals surface area contributed by atoms with Crippen LogP contribution in [0.3, 0.4) is 0 Å². The largest absolute Gasteiger partial charge is 0.503 e. The highest BCUT2D eigenvalue weighted by Gasteiger charge is 2.55. The summed E-state index contributed by atoms with van der Waals surface area (Å²) in [6.45, 7) is 1.94. The first-order valence-electron chi connectivity index (χ1n) is 10.5. The summed E-state index contributed by atoms with van der Waals surface area (Å²) in [6, 6.07) is 2.94. The lowest BCUT2D eigenvalue weighted by molar-refractivity contribution is -0.165. The highest BCUT2D eigenvalue weighted by atomic mass is 19.1. The number of carbonyl (C=O) groups excluding carboxylic acids is 1. The van der Waals surface area contributed by atoms with Gasteiger partial charge in [-0.3, -0.25) is 14.9 Å². The smallest absolute Gasteiger partial charge is 0.276 e. The van der Waals surface area contributed by atoms with E-state index in [1.54, 1.807) is 4.90 Å². The van der Waals surface area contributed by atoms with E-state index in [0.29, 0.717) is 6.42 Å². The van der Waals surface area contributed by atoms with Crippen LogP contribution in [0.15, 0.2) is 29.2 Å². The molecule has 1 aromatic heterocycles. The molecule has 2 aromatic rings. The number of hydrogen-bond acceptors (Lipinski definition) is 6. The van der Waals surface area contributed by atoms with Gasteiger partial charge >= 0.3 is 0 Å². The molecule has 1 unspecified atom stereocenters.